The van der Waals surface area contributed by atoms with E-state index in [1.165, 1.54) is 6.42 Å². The van der Waals surface area contributed by atoms with Crippen LogP contribution in [-0.4, -0.2) is 22.1 Å². The Labute approximate surface area is 143 Å². The van der Waals surface area contributed by atoms with Crippen molar-refractivity contribution in [2.45, 2.75) is 76.3 Å². The van der Waals surface area contributed by atoms with Gasteiger partial charge in [-0.1, -0.05) is 24.4 Å². The first-order valence-corrected chi connectivity index (χ1v) is 8.49. The number of nitrogens with two attached hydrogens (primary N) is 1. The second-order valence-electron chi connectivity index (χ2n) is 6.97. The van der Waals surface area contributed by atoms with Crippen molar-refractivity contribution in [3.63, 3.8) is 0 Å². The number of nitrogens with zero attached hydrogens (tertiary/aromatic N) is 2. The molecule has 0 saturated heterocycles. The van der Waals surface area contributed by atoms with Crippen molar-refractivity contribution < 1.29 is 9.32 Å². The molecule has 1 atom stereocenters. The molecule has 2 aliphatic carbocycles. The maximum atomic E-state index is 12.2. The molecule has 1 unspecified atom stereocenters. The number of hydrogen-bond donors (Lipinski definition) is 2. The molecule has 23 heavy (non-hydrogen) atoms. The molecule has 3 rings (SSSR count). The quantitative estimate of drug-likeness (QED) is 0.857. The Hall–Kier alpha value is -1.14. The second-order valence-corrected chi connectivity index (χ2v) is 6.97. The molecule has 0 bridgehead atoms. The first kappa shape index (κ1) is 18.2. The van der Waals surface area contributed by atoms with E-state index in [0.717, 1.165) is 44.9 Å². The van der Waals surface area contributed by atoms with Gasteiger partial charge in [-0.05, 0) is 39.0 Å². The smallest absolute Gasteiger partial charge is 0.228 e. The lowest BCUT2D eigenvalue weighted by Crippen LogP contribution is -2.44. The predicted octanol–water partition coefficient (Wildman–Crippen LogP) is 2.46. The summed E-state index contributed by atoms with van der Waals surface area (Å²) in [6.07, 6.45) is 9.12. The molecule has 6 nitrogen and oxygen atoms in total. The zero-order valence-electron chi connectivity index (χ0n) is 13.7. The zero-order valence-corrected chi connectivity index (χ0v) is 14.5. The van der Waals surface area contributed by atoms with Crippen molar-refractivity contribution in [2.24, 2.45) is 11.7 Å². The van der Waals surface area contributed by atoms with Gasteiger partial charge >= 0.3 is 0 Å². The lowest BCUT2D eigenvalue weighted by atomic mass is 9.77. The van der Waals surface area contributed by atoms with Crippen LogP contribution in [0.25, 0.3) is 0 Å². The summed E-state index contributed by atoms with van der Waals surface area (Å²) in [5, 5.41) is 7.08. The molecule has 3 N–H and O–H groups in total. The molecule has 1 amide bonds. The summed E-state index contributed by atoms with van der Waals surface area (Å²) in [4.78, 5) is 16.6. The summed E-state index contributed by atoms with van der Waals surface area (Å²) in [5.74, 6) is 1.51. The summed E-state index contributed by atoms with van der Waals surface area (Å²) < 4.78 is 5.29. The number of aromatic nitrogens is 2. The minimum absolute atomic E-state index is 0. The summed E-state index contributed by atoms with van der Waals surface area (Å²) in [6, 6.07) is -0.00200. The Bertz CT molecular complexity index is 524. The van der Waals surface area contributed by atoms with Gasteiger partial charge < -0.3 is 15.6 Å². The van der Waals surface area contributed by atoms with E-state index in [-0.39, 0.29) is 30.3 Å². The fraction of sp³-hybridized carbons (Fsp3) is 0.812. The van der Waals surface area contributed by atoms with Crippen molar-refractivity contribution in [1.29, 1.82) is 0 Å². The molecule has 2 aliphatic rings. The third-order valence-electron chi connectivity index (χ3n) is 5.00. The van der Waals surface area contributed by atoms with E-state index in [0.29, 0.717) is 18.1 Å². The Morgan fingerprint density at radius 2 is 2.04 bits per heavy atom. The number of amides is 1. The van der Waals surface area contributed by atoms with Gasteiger partial charge in [-0.2, -0.15) is 4.98 Å². The maximum absolute atomic E-state index is 12.2. The van der Waals surface area contributed by atoms with Crippen LogP contribution in [0.4, 0.5) is 0 Å². The standard InChI is InChI=1S/C16H26N4O2.ClH/c1-11(18-14(21)12-6-3-2-4-7-12)10-13-19-15(20-22-13)16(17)8-5-9-16;/h11-12H,2-10,17H2,1H3,(H,18,21);1H. The van der Waals surface area contributed by atoms with Crippen LogP contribution in [0.2, 0.25) is 0 Å². The number of carbonyl (C=O) groups is 1. The highest BCUT2D eigenvalue weighted by molar-refractivity contribution is 5.85. The fourth-order valence-corrected chi connectivity index (χ4v) is 3.36. The Balaban J connectivity index is 0.00000192. The molecule has 0 aromatic carbocycles. The molecule has 130 valence electrons. The van der Waals surface area contributed by atoms with Gasteiger partial charge in [0.2, 0.25) is 11.8 Å². The van der Waals surface area contributed by atoms with E-state index in [4.69, 9.17) is 10.3 Å². The third-order valence-corrected chi connectivity index (χ3v) is 5.00. The largest absolute Gasteiger partial charge is 0.353 e. The average Bonchev–Trinajstić information content (AvgIpc) is 2.94. The van der Waals surface area contributed by atoms with Crippen LogP contribution in [0, 0.1) is 5.92 Å². The average molecular weight is 343 g/mol. The van der Waals surface area contributed by atoms with Gasteiger partial charge in [0.1, 0.15) is 0 Å². The minimum atomic E-state index is -0.393. The van der Waals surface area contributed by atoms with Crippen LogP contribution in [0.5, 0.6) is 0 Å². The van der Waals surface area contributed by atoms with Crippen LogP contribution in [-0.2, 0) is 16.8 Å². The first-order valence-electron chi connectivity index (χ1n) is 8.49. The van der Waals surface area contributed by atoms with E-state index >= 15 is 0 Å². The number of hydrogen-bond acceptors (Lipinski definition) is 5. The van der Waals surface area contributed by atoms with Crippen LogP contribution in [0.3, 0.4) is 0 Å². The number of carbonyl (C=O) groups excluding carboxylic acids is 1. The lowest BCUT2D eigenvalue weighted by Gasteiger charge is -2.34. The van der Waals surface area contributed by atoms with Crippen molar-refractivity contribution in [2.75, 3.05) is 0 Å². The molecule has 1 heterocycles. The molecule has 2 fully saturated rings. The normalized spacial score (nSPS) is 21.8. The van der Waals surface area contributed by atoms with Gasteiger partial charge in [-0.15, -0.1) is 12.4 Å². The highest BCUT2D eigenvalue weighted by Crippen LogP contribution is 2.36. The Morgan fingerprint density at radius 3 is 2.65 bits per heavy atom. The monoisotopic (exact) mass is 342 g/mol. The number of halogens is 1. The lowest BCUT2D eigenvalue weighted by molar-refractivity contribution is -0.126. The van der Waals surface area contributed by atoms with Crippen LogP contribution < -0.4 is 11.1 Å². The molecular weight excluding hydrogens is 316 g/mol. The molecule has 1 aromatic rings. The van der Waals surface area contributed by atoms with Gasteiger partial charge in [0.25, 0.3) is 0 Å². The van der Waals surface area contributed by atoms with Crippen molar-refractivity contribution >= 4 is 18.3 Å². The molecule has 2 saturated carbocycles. The number of rotatable bonds is 5. The van der Waals surface area contributed by atoms with E-state index in [9.17, 15) is 4.79 Å². The highest BCUT2D eigenvalue weighted by Gasteiger charge is 2.39. The summed E-state index contributed by atoms with van der Waals surface area (Å²) >= 11 is 0. The topological polar surface area (TPSA) is 94.0 Å². The molecule has 1 aromatic heterocycles. The minimum Gasteiger partial charge on any atom is -0.353 e. The molecule has 0 spiro atoms. The molecular formula is C16H27ClN4O2. The van der Waals surface area contributed by atoms with Gasteiger partial charge in [0.05, 0.1) is 5.54 Å². The zero-order chi connectivity index (χ0) is 15.6. The number of nitrogens with one attached hydrogen (secondary N) is 1. The highest BCUT2D eigenvalue weighted by atomic mass is 35.5. The summed E-state index contributed by atoms with van der Waals surface area (Å²) in [7, 11) is 0. The molecule has 0 aliphatic heterocycles. The van der Waals surface area contributed by atoms with Crippen molar-refractivity contribution in [1.82, 2.24) is 15.5 Å². The van der Waals surface area contributed by atoms with Crippen LogP contribution >= 0.6 is 12.4 Å². The van der Waals surface area contributed by atoms with E-state index < -0.39 is 5.54 Å². The summed E-state index contributed by atoms with van der Waals surface area (Å²) in [6.45, 7) is 1.98. The van der Waals surface area contributed by atoms with Gasteiger partial charge in [-0.3, -0.25) is 4.79 Å². The summed E-state index contributed by atoms with van der Waals surface area (Å²) in [5.41, 5.74) is 5.80. The van der Waals surface area contributed by atoms with Crippen molar-refractivity contribution in [3.05, 3.63) is 11.7 Å². The van der Waals surface area contributed by atoms with Gasteiger partial charge in [0, 0.05) is 18.4 Å². The Morgan fingerprint density at radius 1 is 1.35 bits per heavy atom. The maximum Gasteiger partial charge on any atom is 0.228 e. The van der Waals surface area contributed by atoms with Gasteiger partial charge in [0.15, 0.2) is 5.82 Å². The fourth-order valence-electron chi connectivity index (χ4n) is 3.36. The third kappa shape index (κ3) is 4.23. The molecule has 7 heteroatoms. The Kier molecular flexibility index (Phi) is 6.03. The van der Waals surface area contributed by atoms with Gasteiger partial charge in [-0.25, -0.2) is 0 Å². The molecule has 0 radical (unpaired) electrons. The predicted molar refractivity (Wildman–Crippen MR) is 89.1 cm³/mol. The SMILES string of the molecule is CC(Cc1nc(C2(N)CCC2)no1)NC(=O)C1CCCCC1.Cl. The van der Waals surface area contributed by atoms with E-state index in [1.54, 1.807) is 0 Å². The van der Waals surface area contributed by atoms with E-state index in [2.05, 4.69) is 15.5 Å². The van der Waals surface area contributed by atoms with Crippen molar-refractivity contribution in [3.8, 4) is 0 Å². The van der Waals surface area contributed by atoms with Crippen LogP contribution in [0.1, 0.15) is 70.0 Å². The second kappa shape index (κ2) is 7.62. The first-order chi connectivity index (χ1) is 10.6. The van der Waals surface area contributed by atoms with Crippen LogP contribution in [0.15, 0.2) is 4.52 Å². The van der Waals surface area contributed by atoms with E-state index in [1.807, 2.05) is 6.92 Å².